The summed E-state index contributed by atoms with van der Waals surface area (Å²) in [6.45, 7) is 1.16. The molecule has 1 aromatic carbocycles. The van der Waals surface area contributed by atoms with Crippen LogP contribution in [0.3, 0.4) is 0 Å². The number of aromatic nitrogens is 1. The van der Waals surface area contributed by atoms with Gasteiger partial charge in [0.1, 0.15) is 5.69 Å². The lowest BCUT2D eigenvalue weighted by molar-refractivity contribution is 0.424. The molecule has 3 rings (SSSR count). The predicted octanol–water partition coefficient (Wildman–Crippen LogP) is 3.05. The van der Waals surface area contributed by atoms with Gasteiger partial charge in [-0.05, 0) is 17.9 Å². The Bertz CT molecular complexity index is 750. The number of benzene rings is 1. The van der Waals surface area contributed by atoms with Crippen molar-refractivity contribution in [1.82, 2.24) is 10.5 Å². The van der Waals surface area contributed by atoms with Crippen LogP contribution in [0, 0.1) is 0 Å². The Labute approximate surface area is 138 Å². The summed E-state index contributed by atoms with van der Waals surface area (Å²) in [6.07, 6.45) is 0.940. The average Bonchev–Trinajstić information content (AvgIpc) is 3.25. The van der Waals surface area contributed by atoms with Crippen LogP contribution < -0.4 is 11.1 Å². The van der Waals surface area contributed by atoms with E-state index in [2.05, 4.69) is 26.9 Å². The fraction of sp³-hybridized carbons (Fsp3) is 0.176. The Morgan fingerprint density at radius 2 is 2.09 bits per heavy atom. The summed E-state index contributed by atoms with van der Waals surface area (Å²) in [5, 5.41) is 9.20. The number of nitrogens with two attached hydrogens (primary N) is 1. The van der Waals surface area contributed by atoms with Gasteiger partial charge in [-0.15, -0.1) is 11.3 Å². The molecule has 0 fully saturated rings. The molecule has 0 bridgehead atoms. The van der Waals surface area contributed by atoms with Crippen molar-refractivity contribution in [3.05, 3.63) is 64.5 Å². The van der Waals surface area contributed by atoms with Crippen molar-refractivity contribution in [2.75, 3.05) is 6.54 Å². The lowest BCUT2D eigenvalue weighted by atomic mass is 10.2. The molecule has 0 aliphatic rings. The maximum atomic E-state index is 5.86. The van der Waals surface area contributed by atoms with Gasteiger partial charge in [-0.2, -0.15) is 0 Å². The molecule has 0 saturated carbocycles. The second-order valence-electron chi connectivity index (χ2n) is 5.01. The quantitative estimate of drug-likeness (QED) is 0.539. The SMILES string of the molecule is NC(=NCc1cc(-c2ccccc2)on1)NCCc1cccs1. The van der Waals surface area contributed by atoms with E-state index in [1.165, 1.54) is 4.88 Å². The molecule has 0 aliphatic heterocycles. The summed E-state index contributed by atoms with van der Waals surface area (Å²) >= 11 is 1.74. The number of aliphatic imine (C=N–C) groups is 1. The highest BCUT2D eigenvalue weighted by Crippen LogP contribution is 2.19. The summed E-state index contributed by atoms with van der Waals surface area (Å²) in [5.41, 5.74) is 7.62. The number of hydrogen-bond acceptors (Lipinski definition) is 4. The Kier molecular flexibility index (Phi) is 5.06. The highest BCUT2D eigenvalue weighted by molar-refractivity contribution is 7.09. The topological polar surface area (TPSA) is 76.4 Å². The van der Waals surface area contributed by atoms with Gasteiger partial charge in [0.15, 0.2) is 11.7 Å². The Hall–Kier alpha value is -2.60. The lowest BCUT2D eigenvalue weighted by Crippen LogP contribution is -2.33. The number of nitrogens with zero attached hydrogens (tertiary/aromatic N) is 2. The van der Waals surface area contributed by atoms with Gasteiger partial charge >= 0.3 is 0 Å². The molecule has 2 heterocycles. The molecule has 0 spiro atoms. The Morgan fingerprint density at radius 3 is 2.87 bits per heavy atom. The molecule has 0 atom stereocenters. The molecule has 0 radical (unpaired) electrons. The zero-order valence-corrected chi connectivity index (χ0v) is 13.4. The molecule has 0 unspecified atom stereocenters. The third-order valence-corrected chi connectivity index (χ3v) is 4.22. The van der Waals surface area contributed by atoms with Gasteiger partial charge in [-0.25, -0.2) is 4.99 Å². The first-order valence-corrected chi connectivity index (χ1v) is 8.26. The molecule has 118 valence electrons. The first-order valence-electron chi connectivity index (χ1n) is 7.38. The second kappa shape index (κ2) is 7.60. The van der Waals surface area contributed by atoms with Crippen molar-refractivity contribution in [1.29, 1.82) is 0 Å². The van der Waals surface area contributed by atoms with Crippen LogP contribution in [0.15, 0.2) is 63.4 Å². The highest BCUT2D eigenvalue weighted by Gasteiger charge is 2.05. The van der Waals surface area contributed by atoms with E-state index >= 15 is 0 Å². The third-order valence-electron chi connectivity index (χ3n) is 3.29. The zero-order valence-electron chi connectivity index (χ0n) is 12.6. The number of thiophene rings is 1. The molecule has 3 aromatic rings. The predicted molar refractivity (Wildman–Crippen MR) is 93.3 cm³/mol. The van der Waals surface area contributed by atoms with Crippen LogP contribution in [-0.4, -0.2) is 17.7 Å². The van der Waals surface area contributed by atoms with E-state index in [0.717, 1.165) is 30.0 Å². The standard InChI is InChI=1S/C17H18N4OS/c18-17(19-9-8-15-7-4-10-23-15)20-12-14-11-16(22-21-14)13-5-2-1-3-6-13/h1-7,10-11H,8-9,12H2,(H3,18,19,20). The van der Waals surface area contributed by atoms with Crippen molar-refractivity contribution in [2.45, 2.75) is 13.0 Å². The smallest absolute Gasteiger partial charge is 0.188 e. The van der Waals surface area contributed by atoms with Crippen molar-refractivity contribution < 1.29 is 4.52 Å². The van der Waals surface area contributed by atoms with Gasteiger partial charge < -0.3 is 15.6 Å². The average molecular weight is 326 g/mol. The normalized spacial score (nSPS) is 11.6. The van der Waals surface area contributed by atoms with Gasteiger partial charge in [0.25, 0.3) is 0 Å². The number of rotatable bonds is 6. The molecule has 0 amide bonds. The summed E-state index contributed by atoms with van der Waals surface area (Å²) in [6, 6.07) is 15.9. The highest BCUT2D eigenvalue weighted by atomic mass is 32.1. The van der Waals surface area contributed by atoms with E-state index < -0.39 is 0 Å². The summed E-state index contributed by atoms with van der Waals surface area (Å²) in [7, 11) is 0. The van der Waals surface area contributed by atoms with E-state index in [0.29, 0.717) is 12.5 Å². The Balaban J connectivity index is 1.50. The number of nitrogens with one attached hydrogen (secondary N) is 1. The van der Waals surface area contributed by atoms with Crippen LogP contribution in [-0.2, 0) is 13.0 Å². The van der Waals surface area contributed by atoms with Gasteiger partial charge in [-0.1, -0.05) is 41.6 Å². The molecule has 6 heteroatoms. The van der Waals surface area contributed by atoms with Crippen LogP contribution >= 0.6 is 11.3 Å². The first-order chi connectivity index (χ1) is 11.3. The molecule has 3 N–H and O–H groups in total. The third kappa shape index (κ3) is 4.43. The molecule has 2 aromatic heterocycles. The van der Waals surface area contributed by atoms with Crippen molar-refractivity contribution in [2.24, 2.45) is 10.7 Å². The first kappa shape index (κ1) is 15.3. The van der Waals surface area contributed by atoms with Crippen molar-refractivity contribution >= 4 is 17.3 Å². The van der Waals surface area contributed by atoms with Crippen molar-refractivity contribution in [3.63, 3.8) is 0 Å². The van der Waals surface area contributed by atoms with Crippen LogP contribution in [0.4, 0.5) is 0 Å². The number of guanidine groups is 1. The maximum absolute atomic E-state index is 5.86. The van der Waals surface area contributed by atoms with Crippen LogP contribution in [0.1, 0.15) is 10.6 Å². The second-order valence-corrected chi connectivity index (χ2v) is 6.04. The molecule has 0 aliphatic carbocycles. The minimum atomic E-state index is 0.397. The van der Waals surface area contributed by atoms with Gasteiger partial charge in [0, 0.05) is 23.1 Å². The lowest BCUT2D eigenvalue weighted by Gasteiger charge is -2.03. The van der Waals surface area contributed by atoms with Crippen LogP contribution in [0.2, 0.25) is 0 Å². The van der Waals surface area contributed by atoms with Gasteiger partial charge in [0.2, 0.25) is 0 Å². The van der Waals surface area contributed by atoms with Gasteiger partial charge in [-0.3, -0.25) is 0 Å². The van der Waals surface area contributed by atoms with Crippen LogP contribution in [0.5, 0.6) is 0 Å². The van der Waals surface area contributed by atoms with Crippen LogP contribution in [0.25, 0.3) is 11.3 Å². The Morgan fingerprint density at radius 1 is 1.22 bits per heavy atom. The molecular formula is C17H18N4OS. The molecule has 0 saturated heterocycles. The number of hydrogen-bond donors (Lipinski definition) is 2. The van der Waals surface area contributed by atoms with Crippen molar-refractivity contribution in [3.8, 4) is 11.3 Å². The zero-order chi connectivity index (χ0) is 15.9. The van der Waals surface area contributed by atoms with E-state index in [4.69, 9.17) is 10.3 Å². The largest absolute Gasteiger partial charge is 0.370 e. The minimum Gasteiger partial charge on any atom is -0.370 e. The van der Waals surface area contributed by atoms with E-state index in [1.807, 2.05) is 42.5 Å². The summed E-state index contributed by atoms with van der Waals surface area (Å²) < 4.78 is 5.33. The maximum Gasteiger partial charge on any atom is 0.188 e. The van der Waals surface area contributed by atoms with E-state index in [-0.39, 0.29) is 0 Å². The van der Waals surface area contributed by atoms with Gasteiger partial charge in [0.05, 0.1) is 6.54 Å². The van der Waals surface area contributed by atoms with E-state index in [9.17, 15) is 0 Å². The summed E-state index contributed by atoms with van der Waals surface area (Å²) in [5.74, 6) is 1.16. The fourth-order valence-corrected chi connectivity index (χ4v) is 2.82. The fourth-order valence-electron chi connectivity index (χ4n) is 2.12. The summed E-state index contributed by atoms with van der Waals surface area (Å²) in [4.78, 5) is 5.61. The molecular weight excluding hydrogens is 308 g/mol. The van der Waals surface area contributed by atoms with E-state index in [1.54, 1.807) is 11.3 Å². The molecule has 23 heavy (non-hydrogen) atoms. The minimum absolute atomic E-state index is 0.397. The molecule has 5 nitrogen and oxygen atoms in total. The monoisotopic (exact) mass is 326 g/mol.